The molecule has 0 bridgehead atoms. The lowest BCUT2D eigenvalue weighted by atomic mass is 10.0. The van der Waals surface area contributed by atoms with Crippen molar-refractivity contribution in [2.45, 2.75) is 30.8 Å². The number of rotatable bonds is 6. The van der Waals surface area contributed by atoms with E-state index in [1.807, 2.05) is 6.92 Å². The number of nitrogens with one attached hydrogen (secondary N) is 1. The molecule has 1 N–H and O–H groups in total. The van der Waals surface area contributed by atoms with Crippen LogP contribution in [0.1, 0.15) is 19.8 Å². The van der Waals surface area contributed by atoms with Gasteiger partial charge < -0.3 is 10.1 Å². The Hall–Kier alpha value is -1.65. The van der Waals surface area contributed by atoms with Gasteiger partial charge in [0.05, 0.1) is 4.90 Å². The van der Waals surface area contributed by atoms with Crippen molar-refractivity contribution in [2.75, 3.05) is 31.6 Å². The summed E-state index contributed by atoms with van der Waals surface area (Å²) in [5, 5.41) is 2.35. The fraction of sp³-hybridized carbons (Fsp3) is 0.562. The number of amides is 1. The molecule has 0 spiro atoms. The molecule has 1 heterocycles. The van der Waals surface area contributed by atoms with Gasteiger partial charge in [0.2, 0.25) is 15.9 Å². The first-order valence-electron chi connectivity index (χ1n) is 8.12. The molecule has 1 saturated heterocycles. The maximum absolute atomic E-state index is 12.6. The highest BCUT2D eigenvalue weighted by Crippen LogP contribution is 2.24. The van der Waals surface area contributed by atoms with Crippen LogP contribution in [0, 0.1) is 5.92 Å². The summed E-state index contributed by atoms with van der Waals surface area (Å²) in [7, 11) is -3.60. The van der Waals surface area contributed by atoms with Crippen LogP contribution in [0.25, 0.3) is 0 Å². The van der Waals surface area contributed by atoms with Gasteiger partial charge in [-0.15, -0.1) is 0 Å². The Kier molecular flexibility index (Phi) is 6.64. The lowest BCUT2D eigenvalue weighted by molar-refractivity contribution is -0.174. The van der Waals surface area contributed by atoms with E-state index in [1.54, 1.807) is 0 Å². The molecule has 1 atom stereocenters. The maximum Gasteiger partial charge on any atom is 0.411 e. The van der Waals surface area contributed by atoms with Crippen molar-refractivity contribution in [3.8, 4) is 0 Å². The minimum atomic E-state index is -4.50. The number of alkyl halides is 3. The molecule has 0 aliphatic carbocycles. The van der Waals surface area contributed by atoms with Crippen molar-refractivity contribution in [2.24, 2.45) is 5.92 Å². The van der Waals surface area contributed by atoms with Crippen LogP contribution in [0.2, 0.25) is 0 Å². The highest BCUT2D eigenvalue weighted by molar-refractivity contribution is 7.89. The molecule has 1 aliphatic rings. The second kappa shape index (κ2) is 8.36. The van der Waals surface area contributed by atoms with Gasteiger partial charge in [-0.1, -0.05) is 6.92 Å². The predicted octanol–water partition coefficient (Wildman–Crippen LogP) is 2.62. The van der Waals surface area contributed by atoms with Gasteiger partial charge in [-0.25, -0.2) is 8.42 Å². The van der Waals surface area contributed by atoms with E-state index in [0.29, 0.717) is 19.0 Å². The molecule has 0 saturated carbocycles. The Morgan fingerprint density at radius 1 is 1.31 bits per heavy atom. The third-order valence-electron chi connectivity index (χ3n) is 3.89. The van der Waals surface area contributed by atoms with Gasteiger partial charge in [-0.3, -0.25) is 4.79 Å². The van der Waals surface area contributed by atoms with Crippen molar-refractivity contribution in [3.05, 3.63) is 24.3 Å². The molecule has 1 amide bonds. The fourth-order valence-corrected chi connectivity index (χ4v) is 4.28. The number of ether oxygens (including phenoxy) is 1. The SMILES string of the molecule is C[C@@H]1CCCN(S(=O)(=O)c2ccc(NC(=O)COCC(F)(F)F)cc2)C1. The summed E-state index contributed by atoms with van der Waals surface area (Å²) in [6, 6.07) is 5.51. The zero-order valence-electron chi connectivity index (χ0n) is 14.3. The fourth-order valence-electron chi connectivity index (χ4n) is 2.68. The molecule has 0 aromatic heterocycles. The summed E-state index contributed by atoms with van der Waals surface area (Å²) in [4.78, 5) is 11.6. The van der Waals surface area contributed by atoms with Gasteiger partial charge in [0.25, 0.3) is 0 Å². The molecule has 10 heteroatoms. The van der Waals surface area contributed by atoms with Crippen molar-refractivity contribution < 1.29 is 31.1 Å². The largest absolute Gasteiger partial charge is 0.411 e. The topological polar surface area (TPSA) is 75.7 Å². The van der Waals surface area contributed by atoms with Crippen LogP contribution in [0.4, 0.5) is 18.9 Å². The molecule has 6 nitrogen and oxygen atoms in total. The Morgan fingerprint density at radius 3 is 2.54 bits per heavy atom. The first-order valence-corrected chi connectivity index (χ1v) is 9.56. The summed E-state index contributed by atoms with van der Waals surface area (Å²) >= 11 is 0. The van der Waals surface area contributed by atoms with Gasteiger partial charge in [-0.05, 0) is 43.0 Å². The number of nitrogens with zero attached hydrogens (tertiary/aromatic N) is 1. The van der Waals surface area contributed by atoms with E-state index < -0.39 is 35.3 Å². The molecular formula is C16H21F3N2O4S. The van der Waals surface area contributed by atoms with Gasteiger partial charge in [-0.2, -0.15) is 17.5 Å². The zero-order valence-corrected chi connectivity index (χ0v) is 15.1. The molecule has 0 unspecified atom stereocenters. The Balaban J connectivity index is 1.94. The number of carbonyl (C=O) groups excluding carboxylic acids is 1. The second-order valence-corrected chi connectivity index (χ2v) is 8.23. The molecule has 2 rings (SSSR count). The quantitative estimate of drug-likeness (QED) is 0.805. The highest BCUT2D eigenvalue weighted by Gasteiger charge is 2.29. The molecule has 1 aromatic carbocycles. The first-order chi connectivity index (χ1) is 12.1. The van der Waals surface area contributed by atoms with Gasteiger partial charge in [0, 0.05) is 18.8 Å². The normalized spacial score (nSPS) is 19.3. The summed E-state index contributed by atoms with van der Waals surface area (Å²) in [6.07, 6.45) is -2.69. The van der Waals surface area contributed by atoms with Gasteiger partial charge >= 0.3 is 6.18 Å². The first kappa shape index (κ1) is 20.7. The van der Waals surface area contributed by atoms with Crippen molar-refractivity contribution in [3.63, 3.8) is 0 Å². The number of anilines is 1. The molecule has 146 valence electrons. The molecule has 0 radical (unpaired) electrons. The minimum Gasteiger partial charge on any atom is -0.362 e. The number of halogens is 3. The zero-order chi connectivity index (χ0) is 19.4. The van der Waals surface area contributed by atoms with Crippen molar-refractivity contribution in [1.29, 1.82) is 0 Å². The van der Waals surface area contributed by atoms with Crippen LogP contribution in [0.3, 0.4) is 0 Å². The lowest BCUT2D eigenvalue weighted by Gasteiger charge is -2.30. The second-order valence-electron chi connectivity index (χ2n) is 6.29. The average molecular weight is 394 g/mol. The van der Waals surface area contributed by atoms with E-state index in [-0.39, 0.29) is 10.6 Å². The lowest BCUT2D eigenvalue weighted by Crippen LogP contribution is -2.39. The summed E-state index contributed by atoms with van der Waals surface area (Å²) < 4.78 is 66.8. The van der Waals surface area contributed by atoms with Crippen LogP contribution < -0.4 is 5.32 Å². The third-order valence-corrected chi connectivity index (χ3v) is 5.77. The number of benzene rings is 1. The number of hydrogen-bond acceptors (Lipinski definition) is 4. The standard InChI is InChI=1S/C16H21F3N2O4S/c1-12-3-2-8-21(9-12)26(23,24)14-6-4-13(5-7-14)20-15(22)10-25-11-16(17,18)19/h4-7,12H,2-3,8-11H2,1H3,(H,20,22)/t12-/m1/s1. The summed E-state index contributed by atoms with van der Waals surface area (Å²) in [5.41, 5.74) is 0.275. The highest BCUT2D eigenvalue weighted by atomic mass is 32.2. The Morgan fingerprint density at radius 2 is 1.96 bits per heavy atom. The van der Waals surface area contributed by atoms with Crippen LogP contribution >= 0.6 is 0 Å². The van der Waals surface area contributed by atoms with Crippen LogP contribution in [-0.2, 0) is 19.6 Å². The van der Waals surface area contributed by atoms with E-state index in [2.05, 4.69) is 10.1 Å². The number of sulfonamides is 1. The number of hydrogen-bond donors (Lipinski definition) is 1. The van der Waals surface area contributed by atoms with Crippen molar-refractivity contribution >= 4 is 21.6 Å². The molecule has 1 aromatic rings. The Bertz CT molecular complexity index is 720. The average Bonchev–Trinajstić information content (AvgIpc) is 2.54. The third kappa shape index (κ3) is 5.96. The molecular weight excluding hydrogens is 373 g/mol. The maximum atomic E-state index is 12.6. The number of piperidine rings is 1. The van der Waals surface area contributed by atoms with Gasteiger partial charge in [0.15, 0.2) is 0 Å². The molecule has 26 heavy (non-hydrogen) atoms. The van der Waals surface area contributed by atoms with E-state index in [4.69, 9.17) is 0 Å². The van der Waals surface area contributed by atoms with Gasteiger partial charge in [0.1, 0.15) is 13.2 Å². The van der Waals surface area contributed by atoms with E-state index in [0.717, 1.165) is 12.8 Å². The van der Waals surface area contributed by atoms with E-state index in [9.17, 15) is 26.4 Å². The molecule has 1 fully saturated rings. The minimum absolute atomic E-state index is 0.109. The molecule has 1 aliphatic heterocycles. The monoisotopic (exact) mass is 394 g/mol. The van der Waals surface area contributed by atoms with E-state index >= 15 is 0 Å². The van der Waals surface area contributed by atoms with Crippen LogP contribution in [0.5, 0.6) is 0 Å². The Labute approximate surface area is 150 Å². The summed E-state index contributed by atoms with van der Waals surface area (Å²) in [6.45, 7) is 0.692. The van der Waals surface area contributed by atoms with Crippen molar-refractivity contribution in [1.82, 2.24) is 4.31 Å². The van der Waals surface area contributed by atoms with Crippen LogP contribution in [-0.4, -0.2) is 51.1 Å². The smallest absolute Gasteiger partial charge is 0.362 e. The summed E-state index contributed by atoms with van der Waals surface area (Å²) in [5.74, 6) is -0.455. The number of carbonyl (C=O) groups is 1. The van der Waals surface area contributed by atoms with Crippen LogP contribution in [0.15, 0.2) is 29.2 Å². The predicted molar refractivity (Wildman–Crippen MR) is 89.1 cm³/mol. The van der Waals surface area contributed by atoms with E-state index in [1.165, 1.54) is 28.6 Å².